The van der Waals surface area contributed by atoms with Gasteiger partial charge < -0.3 is 9.64 Å². The fourth-order valence-corrected chi connectivity index (χ4v) is 5.34. The molecule has 2 aromatic carbocycles. The van der Waals surface area contributed by atoms with E-state index in [1.807, 2.05) is 18.2 Å². The molecule has 0 aromatic heterocycles. The molecule has 2 aliphatic heterocycles. The Balaban J connectivity index is 1.26. The summed E-state index contributed by atoms with van der Waals surface area (Å²) in [5.74, 6) is -0.0670. The van der Waals surface area contributed by atoms with Gasteiger partial charge in [0.05, 0.1) is 0 Å². The molecule has 33 heavy (non-hydrogen) atoms. The van der Waals surface area contributed by atoms with E-state index in [0.717, 1.165) is 37.1 Å². The van der Waals surface area contributed by atoms with Crippen LogP contribution in [-0.4, -0.2) is 52.8 Å². The van der Waals surface area contributed by atoms with Crippen LogP contribution < -0.4 is 10.1 Å². The maximum atomic E-state index is 12.9. The molecule has 0 radical (unpaired) electrons. The van der Waals surface area contributed by atoms with Gasteiger partial charge in [-0.15, -0.1) is 0 Å². The highest BCUT2D eigenvalue weighted by molar-refractivity contribution is 6.05. The lowest BCUT2D eigenvalue weighted by Gasteiger charge is -2.30. The molecule has 3 amide bonds. The van der Waals surface area contributed by atoms with Crippen molar-refractivity contribution in [3.05, 3.63) is 65.2 Å². The quantitative estimate of drug-likeness (QED) is 0.689. The van der Waals surface area contributed by atoms with Gasteiger partial charge in [0.1, 0.15) is 17.9 Å². The van der Waals surface area contributed by atoms with Crippen molar-refractivity contribution in [2.24, 2.45) is 0 Å². The molecule has 3 atom stereocenters. The van der Waals surface area contributed by atoms with Crippen molar-refractivity contribution in [3.63, 3.8) is 0 Å². The zero-order valence-corrected chi connectivity index (χ0v) is 18.8. The summed E-state index contributed by atoms with van der Waals surface area (Å²) in [7, 11) is 2.15. The molecule has 2 aromatic rings. The minimum absolute atomic E-state index is 0.0973. The van der Waals surface area contributed by atoms with Crippen LogP contribution >= 0.6 is 0 Å². The second kappa shape index (κ2) is 8.98. The van der Waals surface area contributed by atoms with Crippen LogP contribution in [0.4, 0.5) is 0 Å². The number of hydrogen-bond acceptors (Lipinski definition) is 5. The number of carbonyl (C=O) groups excluding carboxylic acids is 3. The molecule has 5 rings (SSSR count). The van der Waals surface area contributed by atoms with E-state index in [-0.39, 0.29) is 30.2 Å². The third-order valence-electron chi connectivity index (χ3n) is 7.04. The van der Waals surface area contributed by atoms with Gasteiger partial charge in [-0.05, 0) is 62.1 Å². The van der Waals surface area contributed by atoms with Gasteiger partial charge >= 0.3 is 0 Å². The van der Waals surface area contributed by atoms with Crippen LogP contribution in [0, 0.1) is 0 Å². The third-order valence-corrected chi connectivity index (χ3v) is 7.04. The molecule has 1 saturated heterocycles. The third kappa shape index (κ3) is 4.37. The lowest BCUT2D eigenvalue weighted by molar-refractivity contribution is -0.136. The SMILES string of the molecule is CN(Cc1ccccc1)[C@@H]1CCC[C@H]1Oc1ccc2c(c1)CN(C1CCC(=O)NC1=O)C2=O. The van der Waals surface area contributed by atoms with Gasteiger partial charge in [0.25, 0.3) is 5.91 Å². The predicted molar refractivity (Wildman–Crippen MR) is 122 cm³/mol. The van der Waals surface area contributed by atoms with E-state index >= 15 is 0 Å². The van der Waals surface area contributed by atoms with Crippen LogP contribution in [0.1, 0.15) is 53.6 Å². The van der Waals surface area contributed by atoms with Gasteiger partial charge in [0, 0.05) is 31.1 Å². The fourth-order valence-electron chi connectivity index (χ4n) is 5.34. The van der Waals surface area contributed by atoms with Gasteiger partial charge in [-0.1, -0.05) is 30.3 Å². The van der Waals surface area contributed by atoms with E-state index < -0.39 is 6.04 Å². The van der Waals surface area contributed by atoms with Gasteiger partial charge in [0.2, 0.25) is 11.8 Å². The highest BCUT2D eigenvalue weighted by Gasteiger charge is 2.39. The van der Waals surface area contributed by atoms with Crippen molar-refractivity contribution < 1.29 is 19.1 Å². The summed E-state index contributed by atoms with van der Waals surface area (Å²) in [6.07, 6.45) is 3.94. The molecule has 1 saturated carbocycles. The van der Waals surface area contributed by atoms with E-state index in [1.54, 1.807) is 11.0 Å². The van der Waals surface area contributed by atoms with E-state index in [1.165, 1.54) is 5.56 Å². The zero-order valence-electron chi connectivity index (χ0n) is 18.8. The Labute approximate surface area is 193 Å². The van der Waals surface area contributed by atoms with Crippen molar-refractivity contribution >= 4 is 17.7 Å². The molecule has 7 nitrogen and oxygen atoms in total. The number of fused-ring (bicyclic) bond motifs is 1. The topological polar surface area (TPSA) is 79.0 Å². The first-order valence-corrected chi connectivity index (χ1v) is 11.7. The number of imide groups is 1. The Morgan fingerprint density at radius 2 is 1.88 bits per heavy atom. The first kappa shape index (κ1) is 21.6. The smallest absolute Gasteiger partial charge is 0.255 e. The summed E-state index contributed by atoms with van der Waals surface area (Å²) < 4.78 is 6.43. The lowest BCUT2D eigenvalue weighted by atomic mass is 10.0. The molecule has 1 unspecified atom stereocenters. The Hall–Kier alpha value is -3.19. The molecular weight excluding hydrogens is 418 g/mol. The number of hydrogen-bond donors (Lipinski definition) is 1. The van der Waals surface area contributed by atoms with Gasteiger partial charge in [-0.2, -0.15) is 0 Å². The van der Waals surface area contributed by atoms with Crippen molar-refractivity contribution in [3.8, 4) is 5.75 Å². The van der Waals surface area contributed by atoms with Crippen LogP contribution in [0.5, 0.6) is 5.75 Å². The summed E-state index contributed by atoms with van der Waals surface area (Å²) in [6.45, 7) is 1.24. The molecular formula is C26H29N3O4. The first-order valence-electron chi connectivity index (χ1n) is 11.7. The molecule has 172 valence electrons. The Kier molecular flexibility index (Phi) is 5.89. The van der Waals surface area contributed by atoms with Crippen LogP contribution in [0.25, 0.3) is 0 Å². The summed E-state index contributed by atoms with van der Waals surface area (Å²) in [5.41, 5.74) is 2.76. The number of nitrogens with one attached hydrogen (secondary N) is 1. The summed E-state index contributed by atoms with van der Waals surface area (Å²) in [4.78, 5) is 40.6. The van der Waals surface area contributed by atoms with Crippen molar-refractivity contribution in [2.75, 3.05) is 7.05 Å². The van der Waals surface area contributed by atoms with Gasteiger partial charge in [0.15, 0.2) is 0 Å². The van der Waals surface area contributed by atoms with Crippen LogP contribution in [0.15, 0.2) is 48.5 Å². The van der Waals surface area contributed by atoms with Crippen LogP contribution in [-0.2, 0) is 22.7 Å². The van der Waals surface area contributed by atoms with Crippen LogP contribution in [0.3, 0.4) is 0 Å². The maximum Gasteiger partial charge on any atom is 0.255 e. The largest absolute Gasteiger partial charge is 0.489 e. The average Bonchev–Trinajstić information content (AvgIpc) is 3.39. The molecule has 0 bridgehead atoms. The van der Waals surface area contributed by atoms with Crippen LogP contribution in [0.2, 0.25) is 0 Å². The summed E-state index contributed by atoms with van der Waals surface area (Å²) in [5, 5.41) is 2.34. The number of ether oxygens (including phenoxy) is 1. The average molecular weight is 448 g/mol. The number of piperidine rings is 1. The summed E-state index contributed by atoms with van der Waals surface area (Å²) >= 11 is 0. The Morgan fingerprint density at radius 3 is 2.67 bits per heavy atom. The highest BCUT2D eigenvalue weighted by Crippen LogP contribution is 2.33. The first-order chi connectivity index (χ1) is 16.0. The molecule has 3 aliphatic rings. The van der Waals surface area contributed by atoms with Gasteiger partial charge in [-0.25, -0.2) is 0 Å². The summed E-state index contributed by atoms with van der Waals surface area (Å²) in [6, 6.07) is 15.8. The number of amides is 3. The van der Waals surface area contributed by atoms with Crippen molar-refractivity contribution in [1.82, 2.24) is 15.1 Å². The molecule has 1 aliphatic carbocycles. The minimum Gasteiger partial charge on any atom is -0.489 e. The second-order valence-corrected chi connectivity index (χ2v) is 9.27. The second-order valence-electron chi connectivity index (χ2n) is 9.27. The number of nitrogens with zero attached hydrogens (tertiary/aromatic N) is 2. The minimum atomic E-state index is -0.599. The molecule has 2 fully saturated rings. The van der Waals surface area contributed by atoms with E-state index in [0.29, 0.717) is 24.6 Å². The number of likely N-dealkylation sites (N-methyl/N-ethyl adjacent to an activating group) is 1. The van der Waals surface area contributed by atoms with Crippen molar-refractivity contribution in [2.45, 2.75) is 63.4 Å². The van der Waals surface area contributed by atoms with E-state index in [4.69, 9.17) is 4.74 Å². The Morgan fingerprint density at radius 1 is 1.06 bits per heavy atom. The van der Waals surface area contributed by atoms with Crippen molar-refractivity contribution in [1.29, 1.82) is 0 Å². The fraction of sp³-hybridized carbons (Fsp3) is 0.423. The number of benzene rings is 2. The monoisotopic (exact) mass is 447 g/mol. The highest BCUT2D eigenvalue weighted by atomic mass is 16.5. The predicted octanol–water partition coefficient (Wildman–Crippen LogP) is 2.88. The standard InChI is InChI=1S/C26H29N3O4/c1-28(15-17-6-3-2-4-7-17)21-8-5-9-23(21)33-19-10-11-20-18(14-19)16-29(26(20)32)22-12-13-24(30)27-25(22)31/h2-4,6-7,10-11,14,21-23H,5,8-9,12-13,15-16H2,1H3,(H,27,30,31)/t21-,22?,23-/m1/s1. The van der Waals surface area contributed by atoms with Gasteiger partial charge in [-0.3, -0.25) is 24.6 Å². The molecule has 7 heteroatoms. The molecule has 1 N–H and O–H groups in total. The lowest BCUT2D eigenvalue weighted by Crippen LogP contribution is -2.52. The van der Waals surface area contributed by atoms with E-state index in [9.17, 15) is 14.4 Å². The molecule has 0 spiro atoms. The number of carbonyl (C=O) groups is 3. The maximum absolute atomic E-state index is 12.9. The Bertz CT molecular complexity index is 1070. The van der Waals surface area contributed by atoms with E-state index in [2.05, 4.69) is 41.5 Å². The molecule has 2 heterocycles. The normalized spacial score (nSPS) is 24.8. The number of rotatable bonds is 6. The zero-order chi connectivity index (χ0) is 22.9.